The van der Waals surface area contributed by atoms with Crippen molar-refractivity contribution in [1.29, 1.82) is 0 Å². The van der Waals surface area contributed by atoms with Gasteiger partial charge in [0, 0.05) is 26.1 Å². The van der Waals surface area contributed by atoms with Crippen LogP contribution >= 0.6 is 0 Å². The van der Waals surface area contributed by atoms with Gasteiger partial charge >= 0.3 is 11.9 Å². The minimum Gasteiger partial charge on any atom is -0.457 e. The van der Waals surface area contributed by atoms with Crippen molar-refractivity contribution in [2.24, 2.45) is 5.92 Å². The average molecular weight is 513 g/mol. The molecule has 9 heteroatoms. The van der Waals surface area contributed by atoms with Crippen LogP contribution in [0.3, 0.4) is 0 Å². The van der Waals surface area contributed by atoms with Crippen molar-refractivity contribution in [3.8, 4) is 0 Å². The fourth-order valence-corrected chi connectivity index (χ4v) is 4.24. The molecule has 1 aliphatic heterocycles. The fraction of sp³-hybridized carbons (Fsp3) is 0.741. The summed E-state index contributed by atoms with van der Waals surface area (Å²) in [6.07, 6.45) is 3.29. The van der Waals surface area contributed by atoms with E-state index in [1.165, 1.54) is 13.0 Å². The Kier molecular flexibility index (Phi) is 14.1. The van der Waals surface area contributed by atoms with Crippen molar-refractivity contribution in [3.63, 3.8) is 0 Å². The summed E-state index contributed by atoms with van der Waals surface area (Å²) in [5.74, 6) is -1.23. The molecule has 7 atom stereocenters. The maximum absolute atomic E-state index is 12.9. The first-order valence-electron chi connectivity index (χ1n) is 12.7. The smallest absolute Gasteiger partial charge is 0.309 e. The van der Waals surface area contributed by atoms with Crippen LogP contribution in [0.4, 0.5) is 0 Å². The summed E-state index contributed by atoms with van der Waals surface area (Å²) in [4.78, 5) is 36.1. The van der Waals surface area contributed by atoms with Crippen molar-refractivity contribution in [1.82, 2.24) is 0 Å². The van der Waals surface area contributed by atoms with Gasteiger partial charge < -0.3 is 28.4 Å². The summed E-state index contributed by atoms with van der Waals surface area (Å²) < 4.78 is 35.0. The third-order valence-electron chi connectivity index (χ3n) is 5.98. The van der Waals surface area contributed by atoms with E-state index in [9.17, 15) is 14.4 Å². The lowest BCUT2D eigenvalue weighted by molar-refractivity contribution is -0.230. The molecule has 206 valence electrons. The van der Waals surface area contributed by atoms with Crippen LogP contribution in [0.15, 0.2) is 23.8 Å². The highest BCUT2D eigenvalue weighted by Gasteiger charge is 2.40. The van der Waals surface area contributed by atoms with E-state index in [0.29, 0.717) is 37.9 Å². The van der Waals surface area contributed by atoms with Crippen LogP contribution in [0.1, 0.15) is 74.7 Å². The predicted octanol–water partition coefficient (Wildman–Crippen LogP) is 4.28. The number of carbonyl (C=O) groups is 3. The molecule has 0 aromatic rings. The Hall–Kier alpha value is -2.07. The fourth-order valence-electron chi connectivity index (χ4n) is 4.24. The van der Waals surface area contributed by atoms with E-state index in [-0.39, 0.29) is 12.3 Å². The third-order valence-corrected chi connectivity index (χ3v) is 5.98. The van der Waals surface area contributed by atoms with Crippen molar-refractivity contribution < 1.29 is 42.8 Å². The summed E-state index contributed by atoms with van der Waals surface area (Å²) in [7, 11) is 0. The van der Waals surface area contributed by atoms with Gasteiger partial charge in [-0.2, -0.15) is 0 Å². The van der Waals surface area contributed by atoms with Crippen molar-refractivity contribution in [3.05, 3.63) is 23.8 Å². The van der Waals surface area contributed by atoms with Crippen LogP contribution in [-0.2, 0) is 42.8 Å². The summed E-state index contributed by atoms with van der Waals surface area (Å²) in [5.41, 5.74) is -0.389. The molecule has 0 N–H and O–H groups in total. The number of ether oxygens (including phenoxy) is 6. The number of carbonyl (C=O) groups excluding carboxylic acids is 3. The van der Waals surface area contributed by atoms with E-state index in [2.05, 4.69) is 0 Å². The topological polar surface area (TPSA) is 107 Å². The molecule has 0 saturated heterocycles. The first kappa shape index (κ1) is 32.0. The maximum Gasteiger partial charge on any atom is 0.309 e. The number of hydrogen-bond donors (Lipinski definition) is 0. The number of rotatable bonds is 11. The number of aldehydes is 1. The zero-order valence-electron chi connectivity index (χ0n) is 23.0. The second-order valence-corrected chi connectivity index (χ2v) is 9.21. The van der Waals surface area contributed by atoms with Crippen molar-refractivity contribution in [2.75, 3.05) is 13.2 Å². The molecule has 36 heavy (non-hydrogen) atoms. The molecule has 0 radical (unpaired) electrons. The van der Waals surface area contributed by atoms with Gasteiger partial charge in [-0.3, -0.25) is 14.4 Å². The van der Waals surface area contributed by atoms with Gasteiger partial charge in [-0.05, 0) is 72.1 Å². The molecule has 0 aromatic carbocycles. The predicted molar refractivity (Wildman–Crippen MR) is 134 cm³/mol. The van der Waals surface area contributed by atoms with E-state index in [0.717, 1.165) is 0 Å². The second-order valence-electron chi connectivity index (χ2n) is 9.21. The van der Waals surface area contributed by atoms with Crippen LogP contribution in [0.5, 0.6) is 0 Å². The van der Waals surface area contributed by atoms with E-state index < -0.39 is 48.4 Å². The second kappa shape index (κ2) is 15.9. The molecular weight excluding hydrogens is 468 g/mol. The Balaban J connectivity index is 3.50. The van der Waals surface area contributed by atoms with Crippen LogP contribution in [0.2, 0.25) is 0 Å². The molecule has 0 spiro atoms. The normalized spacial score (nSPS) is 30.8. The minimum atomic E-state index is -0.987. The Morgan fingerprint density at radius 3 is 2.39 bits per heavy atom. The zero-order chi connectivity index (χ0) is 27.3. The lowest BCUT2D eigenvalue weighted by atomic mass is 9.88. The van der Waals surface area contributed by atoms with Gasteiger partial charge in [0.05, 0.1) is 12.5 Å². The van der Waals surface area contributed by atoms with E-state index in [1.807, 2.05) is 33.8 Å². The number of allylic oxidation sites excluding steroid dienone is 1. The summed E-state index contributed by atoms with van der Waals surface area (Å²) in [5, 5.41) is 0. The molecule has 1 rings (SSSR count). The third kappa shape index (κ3) is 10.9. The highest BCUT2D eigenvalue weighted by Crippen LogP contribution is 2.32. The molecule has 1 aliphatic rings. The molecule has 9 nitrogen and oxygen atoms in total. The molecular formula is C27H44O9. The monoisotopic (exact) mass is 512 g/mol. The molecule has 0 bridgehead atoms. The van der Waals surface area contributed by atoms with Gasteiger partial charge in [-0.1, -0.05) is 13.0 Å². The largest absolute Gasteiger partial charge is 0.457 e. The average Bonchev–Trinajstić information content (AvgIpc) is 2.78. The van der Waals surface area contributed by atoms with E-state index in [4.69, 9.17) is 28.4 Å². The van der Waals surface area contributed by atoms with Crippen LogP contribution in [0, 0.1) is 5.92 Å². The molecule has 0 aromatic heterocycles. The first-order valence-corrected chi connectivity index (χ1v) is 12.7. The van der Waals surface area contributed by atoms with E-state index >= 15 is 0 Å². The summed E-state index contributed by atoms with van der Waals surface area (Å²) >= 11 is 0. The van der Waals surface area contributed by atoms with Crippen molar-refractivity contribution in [2.45, 2.75) is 111 Å². The molecule has 0 fully saturated rings. The quantitative estimate of drug-likeness (QED) is 0.132. The van der Waals surface area contributed by atoms with Gasteiger partial charge in [0.15, 0.2) is 12.6 Å². The van der Waals surface area contributed by atoms with Gasteiger partial charge in [0.25, 0.3) is 0 Å². The Bertz CT molecular complexity index is 762. The Labute approximate surface area is 215 Å². The Morgan fingerprint density at radius 2 is 1.81 bits per heavy atom. The van der Waals surface area contributed by atoms with Gasteiger partial charge in [0.1, 0.15) is 24.1 Å². The SMILES string of the molecule is CCOC(C)OC1CCC(C)(OC(C)OCC)C(OC(C)=O)/C=C\C(C)C(/C(C)=C/C=O)OC(=O)C1. The standard InChI is InChI=1S/C27H44O9/c1-9-31-21(6)34-23-13-15-27(8,36-22(7)32-10-2)24(33-20(5)29)12-11-18(3)26(19(4)14-16-28)35-25(30)17-23/h11-12,14,16,18,21-24,26H,9-10,13,15,17H2,1-8H3/b12-11-,19-14+. The molecule has 0 amide bonds. The number of hydrogen-bond acceptors (Lipinski definition) is 9. The molecule has 0 aliphatic carbocycles. The summed E-state index contributed by atoms with van der Waals surface area (Å²) in [6, 6.07) is 0. The highest BCUT2D eigenvalue weighted by atomic mass is 16.7. The summed E-state index contributed by atoms with van der Waals surface area (Å²) in [6.45, 7) is 15.0. The van der Waals surface area contributed by atoms with Crippen LogP contribution < -0.4 is 0 Å². The molecule has 0 saturated carbocycles. The van der Waals surface area contributed by atoms with Gasteiger partial charge in [-0.25, -0.2) is 0 Å². The number of esters is 2. The minimum absolute atomic E-state index is 0.0198. The molecule has 1 heterocycles. The van der Waals surface area contributed by atoms with Gasteiger partial charge in [0.2, 0.25) is 0 Å². The van der Waals surface area contributed by atoms with Crippen LogP contribution in [-0.4, -0.2) is 67.9 Å². The lowest BCUT2D eigenvalue weighted by Crippen LogP contribution is -2.47. The number of cyclic esters (lactones) is 1. The van der Waals surface area contributed by atoms with E-state index in [1.54, 1.807) is 26.8 Å². The van der Waals surface area contributed by atoms with Crippen LogP contribution in [0.25, 0.3) is 0 Å². The highest BCUT2D eigenvalue weighted by molar-refractivity contribution is 5.71. The maximum atomic E-state index is 12.9. The van der Waals surface area contributed by atoms with Crippen molar-refractivity contribution >= 4 is 18.2 Å². The lowest BCUT2D eigenvalue weighted by Gasteiger charge is -2.39. The first-order chi connectivity index (χ1) is 16.9. The van der Waals surface area contributed by atoms with Gasteiger partial charge in [-0.15, -0.1) is 0 Å². The zero-order valence-corrected chi connectivity index (χ0v) is 23.0. The Morgan fingerprint density at radius 1 is 1.17 bits per heavy atom. The molecule has 7 unspecified atom stereocenters.